The Morgan fingerprint density at radius 1 is 0.895 bits per heavy atom. The van der Waals surface area contributed by atoms with Crippen molar-refractivity contribution in [3.63, 3.8) is 0 Å². The van der Waals surface area contributed by atoms with E-state index in [1.807, 2.05) is 6.92 Å². The SMILES string of the molecule is C[C@H](CC(=O)CCCNC(=O)c1ccc(NCc2cnc3nc(N)[nH]c(=O)c3n2)cc1)C(=O)N[C@@H](CCCN=C(N)N)C(=O)C[C@@H](C)C(=O)N[C@@H](C)CCCCS. The lowest BCUT2D eigenvalue weighted by atomic mass is 9.95. The number of nitrogen functional groups attached to an aromatic ring is 1. The van der Waals surface area contributed by atoms with E-state index in [0.29, 0.717) is 29.8 Å². The number of carbonyl (C=O) groups excluding carboxylic acids is 5. The lowest BCUT2D eigenvalue weighted by Gasteiger charge is -2.22. The number of thiol groups is 1. The molecule has 3 amide bonds. The normalized spacial score (nSPS) is 13.1. The number of rotatable bonds is 25. The molecule has 18 nitrogen and oxygen atoms in total. The van der Waals surface area contributed by atoms with E-state index >= 15 is 0 Å². The summed E-state index contributed by atoms with van der Waals surface area (Å²) in [5, 5.41) is 11.7. The molecule has 0 radical (unpaired) electrons. The zero-order valence-corrected chi connectivity index (χ0v) is 33.7. The third-order valence-corrected chi connectivity index (χ3v) is 9.36. The van der Waals surface area contributed by atoms with E-state index in [1.54, 1.807) is 38.1 Å². The van der Waals surface area contributed by atoms with Gasteiger partial charge in [-0.2, -0.15) is 17.6 Å². The number of hydrogen-bond donors (Lipinski definition) is 9. The molecule has 0 aliphatic carbocycles. The Hall–Kier alpha value is -5.59. The molecule has 0 spiro atoms. The van der Waals surface area contributed by atoms with Crippen LogP contribution in [0.2, 0.25) is 0 Å². The largest absolute Gasteiger partial charge is 0.379 e. The molecule has 0 saturated carbocycles. The number of aromatic nitrogens is 4. The summed E-state index contributed by atoms with van der Waals surface area (Å²) in [6.45, 7) is 5.99. The summed E-state index contributed by atoms with van der Waals surface area (Å²) in [6.07, 6.45) is 5.27. The van der Waals surface area contributed by atoms with Gasteiger partial charge in [-0.1, -0.05) is 20.3 Å². The molecule has 2 heterocycles. The van der Waals surface area contributed by atoms with Crippen molar-refractivity contribution in [2.24, 2.45) is 28.3 Å². The smallest absolute Gasteiger partial charge is 0.280 e. The number of H-pyrrole nitrogens is 1. The van der Waals surface area contributed by atoms with E-state index in [4.69, 9.17) is 17.2 Å². The fourth-order valence-electron chi connectivity index (χ4n) is 5.80. The number of unbranched alkanes of at least 4 members (excludes halogenated alkanes) is 1. The first-order chi connectivity index (χ1) is 27.2. The maximum absolute atomic E-state index is 13.3. The zero-order chi connectivity index (χ0) is 41.9. The van der Waals surface area contributed by atoms with Crippen LogP contribution >= 0.6 is 12.6 Å². The van der Waals surface area contributed by atoms with E-state index in [-0.39, 0.29) is 97.8 Å². The molecule has 0 fully saturated rings. The van der Waals surface area contributed by atoms with Crippen molar-refractivity contribution in [2.45, 2.75) is 97.2 Å². The number of guanidine groups is 1. The van der Waals surface area contributed by atoms with Crippen molar-refractivity contribution in [3.05, 3.63) is 52.1 Å². The fourth-order valence-corrected chi connectivity index (χ4v) is 6.03. The Bertz CT molecular complexity index is 1920. The van der Waals surface area contributed by atoms with Crippen LogP contribution in [0.3, 0.4) is 0 Å². The Kier molecular flexibility index (Phi) is 18.9. The van der Waals surface area contributed by atoms with Gasteiger partial charge in [0.1, 0.15) is 5.78 Å². The number of ketones is 2. The molecule has 3 aromatic rings. The predicted octanol–water partition coefficient (Wildman–Crippen LogP) is 1.75. The number of nitrogens with two attached hydrogens (primary N) is 3. The number of aliphatic imine (C=N–C) groups is 1. The van der Waals surface area contributed by atoms with Crippen molar-refractivity contribution < 1.29 is 24.0 Å². The minimum Gasteiger partial charge on any atom is -0.379 e. The molecule has 0 bridgehead atoms. The maximum Gasteiger partial charge on any atom is 0.280 e. The van der Waals surface area contributed by atoms with Gasteiger partial charge in [0.25, 0.3) is 11.5 Å². The second-order valence-electron chi connectivity index (χ2n) is 14.1. The van der Waals surface area contributed by atoms with Gasteiger partial charge in [0.15, 0.2) is 22.9 Å². The number of amides is 3. The average Bonchev–Trinajstić information content (AvgIpc) is 3.16. The molecule has 1 aromatic carbocycles. The fraction of sp³-hybridized carbons (Fsp3) is 0.526. The summed E-state index contributed by atoms with van der Waals surface area (Å²) in [4.78, 5) is 95.6. The highest BCUT2D eigenvalue weighted by atomic mass is 32.1. The quantitative estimate of drug-likeness (QED) is 0.0256. The van der Waals surface area contributed by atoms with Gasteiger partial charge in [0.05, 0.1) is 24.5 Å². The highest BCUT2D eigenvalue weighted by Crippen LogP contribution is 2.15. The number of nitrogens with zero attached hydrogens (tertiary/aromatic N) is 4. The van der Waals surface area contributed by atoms with Gasteiger partial charge < -0.3 is 38.5 Å². The van der Waals surface area contributed by atoms with Crippen LogP contribution in [0.15, 0.2) is 40.2 Å². The molecule has 0 aliphatic heterocycles. The lowest BCUT2D eigenvalue weighted by molar-refractivity contribution is -0.133. The van der Waals surface area contributed by atoms with Gasteiger partial charge in [-0.15, -0.1) is 0 Å². The van der Waals surface area contributed by atoms with E-state index in [2.05, 4.69) is 58.8 Å². The molecule has 0 saturated heterocycles. The number of nitrogens with one attached hydrogen (secondary N) is 5. The molecular formula is C38H56N12O6S. The van der Waals surface area contributed by atoms with E-state index in [1.165, 1.54) is 6.20 Å². The van der Waals surface area contributed by atoms with Crippen molar-refractivity contribution in [3.8, 4) is 0 Å². The monoisotopic (exact) mass is 808 g/mol. The Morgan fingerprint density at radius 2 is 1.60 bits per heavy atom. The Balaban J connectivity index is 1.42. The molecule has 19 heteroatoms. The predicted molar refractivity (Wildman–Crippen MR) is 222 cm³/mol. The summed E-state index contributed by atoms with van der Waals surface area (Å²) in [5.74, 6) is -2.10. The number of anilines is 2. The minimum absolute atomic E-state index is 0.0396. The maximum atomic E-state index is 13.3. The van der Waals surface area contributed by atoms with Gasteiger partial charge in [-0.25, -0.2) is 9.97 Å². The highest BCUT2D eigenvalue weighted by Gasteiger charge is 2.27. The summed E-state index contributed by atoms with van der Waals surface area (Å²) in [5.41, 5.74) is 17.8. The number of hydrogen-bond acceptors (Lipinski definition) is 13. The molecule has 310 valence electrons. The first kappa shape index (κ1) is 45.8. The highest BCUT2D eigenvalue weighted by molar-refractivity contribution is 7.80. The molecular weight excluding hydrogens is 753 g/mol. The summed E-state index contributed by atoms with van der Waals surface area (Å²) >= 11 is 4.22. The topological polar surface area (TPSA) is 295 Å². The van der Waals surface area contributed by atoms with Crippen molar-refractivity contribution in [1.82, 2.24) is 35.9 Å². The van der Waals surface area contributed by atoms with Crippen molar-refractivity contribution in [2.75, 3.05) is 29.9 Å². The van der Waals surface area contributed by atoms with Gasteiger partial charge in [0.2, 0.25) is 17.8 Å². The van der Waals surface area contributed by atoms with E-state index in [0.717, 1.165) is 25.0 Å². The minimum atomic E-state index is -0.878. The molecule has 3 rings (SSSR count). The van der Waals surface area contributed by atoms with Gasteiger partial charge in [-0.05, 0) is 69.0 Å². The molecule has 0 aliphatic rings. The third kappa shape index (κ3) is 16.2. The van der Waals surface area contributed by atoms with Crippen molar-refractivity contribution >= 4 is 70.7 Å². The van der Waals surface area contributed by atoms with Crippen LogP contribution in [0, 0.1) is 11.8 Å². The summed E-state index contributed by atoms with van der Waals surface area (Å²) in [6, 6.07) is 5.83. The Morgan fingerprint density at radius 3 is 2.30 bits per heavy atom. The number of carbonyl (C=O) groups is 5. The van der Waals surface area contributed by atoms with Gasteiger partial charge in [-0.3, -0.25) is 38.7 Å². The first-order valence-electron chi connectivity index (χ1n) is 19.1. The second-order valence-corrected chi connectivity index (χ2v) is 14.6. The summed E-state index contributed by atoms with van der Waals surface area (Å²) in [7, 11) is 0. The second kappa shape index (κ2) is 23.5. The summed E-state index contributed by atoms with van der Waals surface area (Å²) < 4.78 is 0. The number of aromatic amines is 1. The van der Waals surface area contributed by atoms with Crippen LogP contribution < -0.4 is 44.0 Å². The van der Waals surface area contributed by atoms with Gasteiger partial charge in [0, 0.05) is 61.5 Å². The van der Waals surface area contributed by atoms with Crippen LogP contribution in [0.1, 0.15) is 94.6 Å². The van der Waals surface area contributed by atoms with Crippen LogP contribution in [0.5, 0.6) is 0 Å². The van der Waals surface area contributed by atoms with Crippen LogP contribution in [0.4, 0.5) is 11.6 Å². The average molecular weight is 809 g/mol. The molecule has 11 N–H and O–H groups in total. The molecule has 4 atom stereocenters. The van der Waals surface area contributed by atoms with E-state index in [9.17, 15) is 28.8 Å². The van der Waals surface area contributed by atoms with Crippen LogP contribution in [-0.4, -0.2) is 86.1 Å². The zero-order valence-electron chi connectivity index (χ0n) is 32.8. The standard InChI is InChI=1S/C38H56N12O6S/c1-22(34(54)48-29(10-7-16-43-37(39)40)30(52)19-23(2)33(53)46-24(3)8-4-5-17-57)18-28(51)9-6-15-42-35(55)25-11-13-26(14-12-25)44-20-27-21-45-32-31(47-27)36(56)50-38(41)49-32/h11-14,21-24,29,44,57H,4-10,15-20H2,1-3H3,(H,42,55)(H,46,53)(H,48,54)(H4,39,40,43)(H3,41,45,49,50,56)/t22-,23-,24+,29+/m1/s1. The number of benzene rings is 1. The first-order valence-corrected chi connectivity index (χ1v) is 19.7. The Labute approximate surface area is 337 Å². The van der Waals surface area contributed by atoms with Crippen LogP contribution in [0.25, 0.3) is 11.2 Å². The molecule has 0 unspecified atom stereocenters. The lowest BCUT2D eigenvalue weighted by Crippen LogP contribution is -2.45. The molecule has 57 heavy (non-hydrogen) atoms. The third-order valence-electron chi connectivity index (χ3n) is 9.05. The molecule has 2 aromatic heterocycles. The number of fused-ring (bicyclic) bond motifs is 1. The number of Topliss-reactive ketones (excluding diaryl/α,β-unsaturated/α-hetero) is 2. The van der Waals surface area contributed by atoms with Crippen LogP contribution in [-0.2, 0) is 25.7 Å². The van der Waals surface area contributed by atoms with E-state index < -0.39 is 29.3 Å². The van der Waals surface area contributed by atoms with Gasteiger partial charge >= 0.3 is 0 Å². The van der Waals surface area contributed by atoms with Crippen molar-refractivity contribution in [1.29, 1.82) is 0 Å².